The molecule has 1 atom stereocenters. The van der Waals surface area contributed by atoms with Crippen molar-refractivity contribution in [2.75, 3.05) is 17.7 Å². The highest BCUT2D eigenvalue weighted by Crippen LogP contribution is 2.26. The molecule has 1 unspecified atom stereocenters. The van der Waals surface area contributed by atoms with Crippen molar-refractivity contribution in [1.29, 1.82) is 0 Å². The fraction of sp³-hybridized carbons (Fsp3) is 0.286. The molecule has 1 aromatic carbocycles. The smallest absolute Gasteiger partial charge is 0.0503 e. The normalized spacial score (nSPS) is 12.4. The number of nitrogens with zero attached hydrogens (tertiary/aromatic N) is 1. The van der Waals surface area contributed by atoms with Gasteiger partial charge in [0.05, 0.1) is 5.69 Å². The third-order valence-corrected chi connectivity index (χ3v) is 4.85. The van der Waals surface area contributed by atoms with Crippen molar-refractivity contribution in [3.63, 3.8) is 0 Å². The molecule has 1 aromatic heterocycles. The maximum atomic E-state index is 5.79. The summed E-state index contributed by atoms with van der Waals surface area (Å²) in [5.74, 6) is 0. The van der Waals surface area contributed by atoms with E-state index >= 15 is 0 Å². The molecule has 0 fully saturated rings. The van der Waals surface area contributed by atoms with Crippen molar-refractivity contribution < 1.29 is 0 Å². The van der Waals surface area contributed by atoms with Crippen LogP contribution in [0.4, 0.5) is 11.4 Å². The van der Waals surface area contributed by atoms with Crippen molar-refractivity contribution in [2.45, 2.75) is 19.4 Å². The molecule has 2 aromatic rings. The van der Waals surface area contributed by atoms with Gasteiger partial charge >= 0.3 is 0 Å². The minimum atomic E-state index is 0.473. The highest BCUT2D eigenvalue weighted by molar-refractivity contribution is 14.1. The molecule has 0 aliphatic carbocycles. The van der Waals surface area contributed by atoms with Gasteiger partial charge < -0.3 is 10.6 Å². The topological polar surface area (TPSA) is 29.3 Å². The molecular formula is C14H17IN2S. The zero-order valence-corrected chi connectivity index (χ0v) is 13.5. The first-order chi connectivity index (χ1) is 8.58. The van der Waals surface area contributed by atoms with Crippen LogP contribution in [-0.4, -0.2) is 13.1 Å². The Labute approximate surface area is 126 Å². The second-order valence-corrected chi connectivity index (χ2v) is 6.65. The number of rotatable bonds is 4. The molecule has 0 aliphatic rings. The van der Waals surface area contributed by atoms with Gasteiger partial charge in [0.25, 0.3) is 0 Å². The lowest BCUT2D eigenvalue weighted by molar-refractivity contribution is 0.687. The molecular weight excluding hydrogens is 355 g/mol. The van der Waals surface area contributed by atoms with Crippen LogP contribution >= 0.6 is 33.9 Å². The lowest BCUT2D eigenvalue weighted by Gasteiger charge is -2.28. The minimum Gasteiger partial charge on any atom is -0.399 e. The van der Waals surface area contributed by atoms with Crippen LogP contribution in [0.5, 0.6) is 0 Å². The summed E-state index contributed by atoms with van der Waals surface area (Å²) >= 11 is 4.17. The molecule has 4 heteroatoms. The fourth-order valence-corrected chi connectivity index (χ4v) is 3.65. The highest BCUT2D eigenvalue weighted by atomic mass is 127. The van der Waals surface area contributed by atoms with Crippen LogP contribution in [0.1, 0.15) is 11.8 Å². The number of nitrogen functional groups attached to an aromatic ring is 1. The summed E-state index contributed by atoms with van der Waals surface area (Å²) in [6.45, 7) is 2.26. The average Bonchev–Trinajstić information content (AvgIpc) is 2.81. The Balaban J connectivity index is 2.12. The third kappa shape index (κ3) is 3.17. The summed E-state index contributed by atoms with van der Waals surface area (Å²) < 4.78 is 1.20. The van der Waals surface area contributed by atoms with Crippen molar-refractivity contribution in [2.24, 2.45) is 0 Å². The number of nitrogens with two attached hydrogens (primary N) is 1. The van der Waals surface area contributed by atoms with E-state index in [1.807, 2.05) is 23.5 Å². The molecule has 0 amide bonds. The number of halogens is 1. The van der Waals surface area contributed by atoms with Gasteiger partial charge in [0.15, 0.2) is 0 Å². The van der Waals surface area contributed by atoms with Gasteiger partial charge in [-0.25, -0.2) is 0 Å². The Morgan fingerprint density at radius 2 is 2.17 bits per heavy atom. The van der Waals surface area contributed by atoms with E-state index in [0.29, 0.717) is 6.04 Å². The molecule has 0 radical (unpaired) electrons. The van der Waals surface area contributed by atoms with Crippen molar-refractivity contribution in [3.05, 3.63) is 44.2 Å². The van der Waals surface area contributed by atoms with E-state index in [2.05, 4.69) is 65.0 Å². The zero-order valence-electron chi connectivity index (χ0n) is 10.6. The molecule has 0 saturated carbocycles. The number of benzene rings is 1. The zero-order chi connectivity index (χ0) is 13.1. The molecule has 96 valence electrons. The van der Waals surface area contributed by atoms with E-state index in [0.717, 1.165) is 12.1 Å². The monoisotopic (exact) mass is 372 g/mol. The van der Waals surface area contributed by atoms with Crippen LogP contribution in [0, 0.1) is 3.57 Å². The van der Waals surface area contributed by atoms with E-state index in [1.54, 1.807) is 0 Å². The second-order valence-electron chi connectivity index (χ2n) is 4.45. The molecule has 0 bridgehead atoms. The lowest BCUT2D eigenvalue weighted by Crippen LogP contribution is -2.31. The first-order valence-electron chi connectivity index (χ1n) is 5.88. The van der Waals surface area contributed by atoms with E-state index in [1.165, 1.54) is 14.1 Å². The predicted molar refractivity (Wildman–Crippen MR) is 89.5 cm³/mol. The van der Waals surface area contributed by atoms with Crippen molar-refractivity contribution in [1.82, 2.24) is 0 Å². The first-order valence-corrected chi connectivity index (χ1v) is 7.84. The molecule has 0 aliphatic heterocycles. The Morgan fingerprint density at radius 1 is 1.39 bits per heavy atom. The largest absolute Gasteiger partial charge is 0.399 e. The van der Waals surface area contributed by atoms with Gasteiger partial charge in [0.1, 0.15) is 0 Å². The molecule has 0 saturated heterocycles. The Kier molecular flexibility index (Phi) is 4.50. The lowest BCUT2D eigenvalue weighted by atomic mass is 10.1. The van der Waals surface area contributed by atoms with E-state index in [4.69, 9.17) is 5.73 Å². The first kappa shape index (κ1) is 13.7. The van der Waals surface area contributed by atoms with Crippen molar-refractivity contribution in [3.8, 4) is 0 Å². The fourth-order valence-electron chi connectivity index (χ4n) is 1.90. The molecule has 2 rings (SSSR count). The molecule has 2 N–H and O–H groups in total. The van der Waals surface area contributed by atoms with Crippen LogP contribution in [0.15, 0.2) is 35.7 Å². The van der Waals surface area contributed by atoms with E-state index < -0.39 is 0 Å². The van der Waals surface area contributed by atoms with E-state index in [-0.39, 0.29) is 0 Å². The van der Waals surface area contributed by atoms with Crippen LogP contribution in [0.25, 0.3) is 0 Å². The maximum Gasteiger partial charge on any atom is 0.0503 e. The summed E-state index contributed by atoms with van der Waals surface area (Å²) in [5, 5.41) is 2.13. The SMILES string of the molecule is CC(Cc1cccs1)N(C)c1ccc(N)cc1I. The minimum absolute atomic E-state index is 0.473. The van der Waals surface area contributed by atoms with Gasteiger partial charge in [0.2, 0.25) is 0 Å². The van der Waals surface area contributed by atoms with Gasteiger partial charge in [-0.3, -0.25) is 0 Å². The summed E-state index contributed by atoms with van der Waals surface area (Å²) in [7, 11) is 2.14. The molecule has 18 heavy (non-hydrogen) atoms. The Hall–Kier alpha value is -0.750. The summed E-state index contributed by atoms with van der Waals surface area (Å²) in [6.07, 6.45) is 1.08. The number of likely N-dealkylation sites (N-methyl/N-ethyl adjacent to an activating group) is 1. The average molecular weight is 372 g/mol. The predicted octanol–water partition coefficient (Wildman–Crippen LogP) is 4.00. The number of hydrogen-bond acceptors (Lipinski definition) is 3. The van der Waals surface area contributed by atoms with Crippen LogP contribution in [0.3, 0.4) is 0 Å². The van der Waals surface area contributed by atoms with Crippen LogP contribution in [0.2, 0.25) is 0 Å². The van der Waals surface area contributed by atoms with Crippen LogP contribution < -0.4 is 10.6 Å². The van der Waals surface area contributed by atoms with Gasteiger partial charge in [-0.2, -0.15) is 0 Å². The van der Waals surface area contributed by atoms with Gasteiger partial charge in [-0.05, 0) is 59.2 Å². The van der Waals surface area contributed by atoms with Gasteiger partial charge in [-0.15, -0.1) is 11.3 Å². The Morgan fingerprint density at radius 3 is 2.78 bits per heavy atom. The quantitative estimate of drug-likeness (QED) is 0.649. The molecule has 0 spiro atoms. The van der Waals surface area contributed by atoms with Crippen LogP contribution in [-0.2, 0) is 6.42 Å². The summed E-state index contributed by atoms with van der Waals surface area (Å²) in [5.41, 5.74) is 7.86. The number of anilines is 2. The molecule has 2 nitrogen and oxygen atoms in total. The number of hydrogen-bond donors (Lipinski definition) is 1. The van der Waals surface area contributed by atoms with Gasteiger partial charge in [-0.1, -0.05) is 6.07 Å². The Bertz CT molecular complexity index is 511. The van der Waals surface area contributed by atoms with Gasteiger partial charge in [0, 0.05) is 33.6 Å². The van der Waals surface area contributed by atoms with Crippen molar-refractivity contribution >= 4 is 45.3 Å². The highest BCUT2D eigenvalue weighted by Gasteiger charge is 2.13. The third-order valence-electron chi connectivity index (χ3n) is 3.09. The maximum absolute atomic E-state index is 5.79. The standard InChI is InChI=1S/C14H17IN2S/c1-10(8-12-4-3-7-18-12)17(2)14-6-5-11(16)9-13(14)15/h3-7,9-10H,8,16H2,1-2H3. The summed E-state index contributed by atoms with van der Waals surface area (Å²) in [4.78, 5) is 3.75. The second kappa shape index (κ2) is 5.93. The number of thiophene rings is 1. The summed E-state index contributed by atoms with van der Waals surface area (Å²) in [6, 6.07) is 10.9. The molecule has 1 heterocycles. The van der Waals surface area contributed by atoms with E-state index in [9.17, 15) is 0 Å².